The maximum Gasteiger partial charge on any atom is 0.335 e. The van der Waals surface area contributed by atoms with Crippen LogP contribution >= 0.6 is 0 Å². The Bertz CT molecular complexity index is 602. The minimum atomic E-state index is -2.27. The van der Waals surface area contributed by atoms with E-state index in [1.54, 1.807) is 6.07 Å². The largest absolute Gasteiger partial charge is 0.487 e. The number of hydrogen-bond donors (Lipinski definition) is 5. The van der Waals surface area contributed by atoms with Crippen molar-refractivity contribution in [3.8, 4) is 5.75 Å². The van der Waals surface area contributed by atoms with Crippen molar-refractivity contribution in [2.45, 2.75) is 44.1 Å². The number of aliphatic hydroxyl groups is 2. The standard InChI is InChI=1S/C11H14FNO.C4H6O6/c1-11(2)6-9(13)8-4-3-7(12)5-10(8)14-11;5-1(3(7)8)2(6)4(9)10/h3-5,9H,6,13H2,1-2H3;1-2,5-6H,(H,7,8)(H,9,10)/t9-;1-,2-/m10/s1. The Labute approximate surface area is 137 Å². The van der Waals surface area contributed by atoms with Crippen molar-refractivity contribution < 1.29 is 39.1 Å². The predicted octanol–water partition coefficient (Wildman–Crippen LogP) is 0.264. The van der Waals surface area contributed by atoms with E-state index in [4.69, 9.17) is 30.9 Å². The number of carbonyl (C=O) groups is 2. The van der Waals surface area contributed by atoms with Gasteiger partial charge in [0, 0.05) is 24.1 Å². The van der Waals surface area contributed by atoms with Crippen LogP contribution in [0.2, 0.25) is 0 Å². The number of carboxylic acid groups (broad SMARTS) is 2. The maximum atomic E-state index is 13.0. The number of aliphatic hydroxyl groups excluding tert-OH is 2. The van der Waals surface area contributed by atoms with Gasteiger partial charge in [-0.1, -0.05) is 6.07 Å². The van der Waals surface area contributed by atoms with E-state index in [2.05, 4.69) is 0 Å². The molecular weight excluding hydrogens is 325 g/mol. The molecule has 0 radical (unpaired) electrons. The quantitative estimate of drug-likeness (QED) is 0.523. The first-order chi connectivity index (χ1) is 10.9. The van der Waals surface area contributed by atoms with Gasteiger partial charge in [0.05, 0.1) is 0 Å². The molecule has 1 aromatic rings. The first kappa shape index (κ1) is 19.8. The summed E-state index contributed by atoms with van der Waals surface area (Å²) in [4.78, 5) is 19.5. The topological polar surface area (TPSA) is 150 Å². The highest BCUT2D eigenvalue weighted by Gasteiger charge is 2.32. The minimum Gasteiger partial charge on any atom is -0.487 e. The zero-order chi connectivity index (χ0) is 18.7. The molecule has 0 saturated carbocycles. The van der Waals surface area contributed by atoms with Gasteiger partial charge in [-0.15, -0.1) is 0 Å². The third-order valence-electron chi connectivity index (χ3n) is 3.28. The van der Waals surface area contributed by atoms with E-state index in [0.29, 0.717) is 5.75 Å². The van der Waals surface area contributed by atoms with Crippen LogP contribution in [-0.2, 0) is 9.59 Å². The van der Waals surface area contributed by atoms with Crippen molar-refractivity contribution in [1.29, 1.82) is 0 Å². The van der Waals surface area contributed by atoms with Gasteiger partial charge >= 0.3 is 11.9 Å². The summed E-state index contributed by atoms with van der Waals surface area (Å²) < 4.78 is 18.6. The number of fused-ring (bicyclic) bond motifs is 1. The minimum absolute atomic E-state index is 0.0608. The van der Waals surface area contributed by atoms with Crippen LogP contribution in [0.3, 0.4) is 0 Å². The van der Waals surface area contributed by atoms with Crippen LogP contribution in [0.5, 0.6) is 5.75 Å². The van der Waals surface area contributed by atoms with Crippen LogP contribution in [0.4, 0.5) is 4.39 Å². The van der Waals surface area contributed by atoms with Crippen molar-refractivity contribution in [3.05, 3.63) is 29.6 Å². The molecule has 0 fully saturated rings. The third-order valence-corrected chi connectivity index (χ3v) is 3.28. The number of carboxylic acids is 2. The lowest BCUT2D eigenvalue weighted by Crippen LogP contribution is -2.39. The van der Waals surface area contributed by atoms with Crippen LogP contribution in [-0.4, -0.2) is 50.2 Å². The highest BCUT2D eigenvalue weighted by Crippen LogP contribution is 2.38. The van der Waals surface area contributed by atoms with Crippen LogP contribution in [0, 0.1) is 5.82 Å². The third kappa shape index (κ3) is 5.15. The summed E-state index contributed by atoms with van der Waals surface area (Å²) in [5, 5.41) is 32.5. The van der Waals surface area contributed by atoms with E-state index in [1.807, 2.05) is 13.8 Å². The number of nitrogens with two attached hydrogens (primary N) is 1. The maximum absolute atomic E-state index is 13.0. The predicted molar refractivity (Wildman–Crippen MR) is 79.9 cm³/mol. The van der Waals surface area contributed by atoms with E-state index in [-0.39, 0.29) is 17.5 Å². The van der Waals surface area contributed by atoms with Crippen LogP contribution < -0.4 is 10.5 Å². The Morgan fingerprint density at radius 1 is 1.25 bits per heavy atom. The van der Waals surface area contributed by atoms with Gasteiger partial charge in [0.25, 0.3) is 0 Å². The van der Waals surface area contributed by atoms with Crippen LogP contribution in [0.1, 0.15) is 31.9 Å². The average Bonchev–Trinajstić information content (AvgIpc) is 2.44. The summed E-state index contributed by atoms with van der Waals surface area (Å²) in [6.45, 7) is 3.92. The lowest BCUT2D eigenvalue weighted by Gasteiger charge is -2.36. The molecule has 0 saturated heterocycles. The SMILES string of the molecule is CC1(C)C[C@@H](N)c2ccc(F)cc2O1.O=C(O)[C@@H](O)[C@H](O)C(=O)O. The Morgan fingerprint density at radius 3 is 2.21 bits per heavy atom. The van der Waals surface area contributed by atoms with E-state index < -0.39 is 24.1 Å². The fourth-order valence-electron chi connectivity index (χ4n) is 2.15. The molecule has 8 nitrogen and oxygen atoms in total. The fourth-order valence-corrected chi connectivity index (χ4v) is 2.15. The van der Waals surface area contributed by atoms with E-state index in [1.165, 1.54) is 12.1 Å². The van der Waals surface area contributed by atoms with Gasteiger partial charge in [-0.25, -0.2) is 14.0 Å². The molecule has 0 unspecified atom stereocenters. The highest BCUT2D eigenvalue weighted by molar-refractivity contribution is 5.83. The number of ether oxygens (including phenoxy) is 1. The number of benzene rings is 1. The van der Waals surface area contributed by atoms with Gasteiger partial charge in [-0.05, 0) is 19.9 Å². The molecule has 24 heavy (non-hydrogen) atoms. The molecule has 1 heterocycles. The molecule has 3 atom stereocenters. The number of hydrogen-bond acceptors (Lipinski definition) is 6. The van der Waals surface area contributed by atoms with Crippen molar-refractivity contribution in [1.82, 2.24) is 0 Å². The van der Waals surface area contributed by atoms with Gasteiger partial charge < -0.3 is 30.9 Å². The fraction of sp³-hybridized carbons (Fsp3) is 0.467. The molecule has 9 heteroatoms. The van der Waals surface area contributed by atoms with Crippen molar-refractivity contribution in [3.63, 3.8) is 0 Å². The first-order valence-electron chi connectivity index (χ1n) is 7.00. The lowest BCUT2D eigenvalue weighted by atomic mass is 9.90. The molecule has 0 bridgehead atoms. The molecular formula is C15H20FNO7. The van der Waals surface area contributed by atoms with Gasteiger partial charge in [-0.2, -0.15) is 0 Å². The zero-order valence-electron chi connectivity index (χ0n) is 13.1. The van der Waals surface area contributed by atoms with Gasteiger partial charge in [0.1, 0.15) is 17.2 Å². The lowest BCUT2D eigenvalue weighted by molar-refractivity contribution is -0.165. The molecule has 1 aliphatic heterocycles. The van der Waals surface area contributed by atoms with Gasteiger partial charge in [-0.3, -0.25) is 0 Å². The molecule has 0 amide bonds. The summed E-state index contributed by atoms with van der Waals surface area (Å²) in [6.07, 6.45) is -3.78. The summed E-state index contributed by atoms with van der Waals surface area (Å²) in [7, 11) is 0. The zero-order valence-corrected chi connectivity index (χ0v) is 13.1. The molecule has 0 aromatic heterocycles. The van der Waals surface area contributed by atoms with E-state index in [9.17, 15) is 14.0 Å². The second-order valence-electron chi connectivity index (χ2n) is 5.92. The number of halogens is 1. The normalized spacial score (nSPS) is 20.5. The molecule has 0 spiro atoms. The second-order valence-corrected chi connectivity index (χ2v) is 5.92. The van der Waals surface area contributed by atoms with Gasteiger partial charge in [0.15, 0.2) is 12.2 Å². The highest BCUT2D eigenvalue weighted by atomic mass is 19.1. The van der Waals surface area contributed by atoms with Crippen molar-refractivity contribution >= 4 is 11.9 Å². The Balaban J connectivity index is 0.000000257. The average molecular weight is 345 g/mol. The number of rotatable bonds is 3. The van der Waals surface area contributed by atoms with E-state index >= 15 is 0 Å². The second kappa shape index (κ2) is 7.56. The Hall–Kier alpha value is -2.23. The molecule has 0 aliphatic carbocycles. The summed E-state index contributed by atoms with van der Waals surface area (Å²) in [5.41, 5.74) is 6.56. The van der Waals surface area contributed by atoms with Crippen molar-refractivity contribution in [2.75, 3.05) is 0 Å². The van der Waals surface area contributed by atoms with Crippen LogP contribution in [0.15, 0.2) is 18.2 Å². The summed E-state index contributed by atoms with van der Waals surface area (Å²) >= 11 is 0. The number of aliphatic carboxylic acids is 2. The Morgan fingerprint density at radius 2 is 1.75 bits per heavy atom. The molecule has 1 aromatic carbocycles. The van der Waals surface area contributed by atoms with Gasteiger partial charge in [0.2, 0.25) is 0 Å². The monoisotopic (exact) mass is 345 g/mol. The molecule has 134 valence electrons. The smallest absolute Gasteiger partial charge is 0.335 e. The Kier molecular flexibility index (Phi) is 6.24. The van der Waals surface area contributed by atoms with Crippen molar-refractivity contribution in [2.24, 2.45) is 5.73 Å². The summed E-state index contributed by atoms with van der Waals surface area (Å²) in [5.74, 6) is -3.24. The molecule has 1 aliphatic rings. The summed E-state index contributed by atoms with van der Waals surface area (Å²) in [6, 6.07) is 4.45. The molecule has 2 rings (SSSR count). The molecule has 6 N–H and O–H groups in total. The van der Waals surface area contributed by atoms with Crippen LogP contribution in [0.25, 0.3) is 0 Å². The van der Waals surface area contributed by atoms with E-state index in [0.717, 1.165) is 12.0 Å². The first-order valence-corrected chi connectivity index (χ1v) is 7.00.